The second-order valence-corrected chi connectivity index (χ2v) is 7.95. The molecule has 0 atom stereocenters. The fourth-order valence-electron chi connectivity index (χ4n) is 4.32. The van der Waals surface area contributed by atoms with E-state index in [4.69, 9.17) is 0 Å². The van der Waals surface area contributed by atoms with Crippen LogP contribution in [0.3, 0.4) is 0 Å². The summed E-state index contributed by atoms with van der Waals surface area (Å²) >= 11 is 0. The van der Waals surface area contributed by atoms with Crippen molar-refractivity contribution in [2.24, 2.45) is 0 Å². The van der Waals surface area contributed by atoms with E-state index in [9.17, 15) is 0 Å². The van der Waals surface area contributed by atoms with Crippen LogP contribution in [-0.2, 0) is 6.54 Å². The van der Waals surface area contributed by atoms with Crippen LogP contribution in [0.15, 0.2) is 48.9 Å². The summed E-state index contributed by atoms with van der Waals surface area (Å²) in [6.45, 7) is 3.01. The third-order valence-electron chi connectivity index (χ3n) is 5.83. The number of nitrogens with one attached hydrogen (secondary N) is 2. The second kappa shape index (κ2) is 7.24. The highest BCUT2D eigenvalue weighted by atomic mass is 19.1. The Morgan fingerprint density at radius 3 is 2.74 bits per heavy atom. The molecule has 154 valence electrons. The monoisotopic (exact) mass is 413 g/mol. The molecule has 0 bridgehead atoms. The summed E-state index contributed by atoms with van der Waals surface area (Å²) in [5, 5.41) is 7.57. The van der Waals surface area contributed by atoms with Crippen LogP contribution in [-0.4, -0.2) is 48.1 Å². The third-order valence-corrected chi connectivity index (χ3v) is 5.83. The number of aromatic amines is 2. The zero-order valence-electron chi connectivity index (χ0n) is 16.8. The maximum Gasteiger partial charge on any atom is 0.161 e. The average molecular weight is 413 g/mol. The molecule has 1 aliphatic rings. The van der Waals surface area contributed by atoms with E-state index in [1.807, 2.05) is 36.5 Å². The summed E-state index contributed by atoms with van der Waals surface area (Å²) in [6, 6.07) is 9.66. The van der Waals surface area contributed by atoms with Crippen molar-refractivity contribution in [1.29, 1.82) is 0 Å². The van der Waals surface area contributed by atoms with Crippen LogP contribution in [0, 0.1) is 5.82 Å². The number of likely N-dealkylation sites (tertiary alicyclic amines) is 1. The lowest BCUT2D eigenvalue weighted by Gasteiger charge is -2.14. The summed E-state index contributed by atoms with van der Waals surface area (Å²) < 4.78 is 15.7. The van der Waals surface area contributed by atoms with Gasteiger partial charge in [-0.05, 0) is 49.7 Å². The lowest BCUT2D eigenvalue weighted by Crippen LogP contribution is -2.18. The Morgan fingerprint density at radius 2 is 1.87 bits per heavy atom. The molecule has 1 fully saturated rings. The Kier molecular flexibility index (Phi) is 4.24. The van der Waals surface area contributed by atoms with Gasteiger partial charge in [-0.15, -0.1) is 0 Å². The minimum absolute atomic E-state index is 0.266. The Balaban J connectivity index is 1.44. The van der Waals surface area contributed by atoms with Gasteiger partial charge in [-0.2, -0.15) is 5.10 Å². The summed E-state index contributed by atoms with van der Waals surface area (Å²) in [4.78, 5) is 18.9. The van der Waals surface area contributed by atoms with Crippen LogP contribution < -0.4 is 0 Å². The highest BCUT2D eigenvalue weighted by Crippen LogP contribution is 2.32. The number of halogens is 1. The van der Waals surface area contributed by atoms with Crippen molar-refractivity contribution in [3.05, 3.63) is 60.3 Å². The Labute approximate surface area is 177 Å². The Morgan fingerprint density at radius 1 is 1.00 bits per heavy atom. The van der Waals surface area contributed by atoms with Gasteiger partial charge in [0.15, 0.2) is 11.6 Å². The topological polar surface area (TPSA) is 86.4 Å². The number of aromatic nitrogens is 6. The Bertz CT molecular complexity index is 1360. The van der Waals surface area contributed by atoms with E-state index in [0.717, 1.165) is 36.2 Å². The first-order valence-electron chi connectivity index (χ1n) is 10.4. The van der Waals surface area contributed by atoms with E-state index in [1.54, 1.807) is 12.4 Å². The number of H-pyrrole nitrogens is 2. The van der Waals surface area contributed by atoms with Crippen LogP contribution in [0.25, 0.3) is 44.7 Å². The molecule has 0 radical (unpaired) electrons. The van der Waals surface area contributed by atoms with Crippen molar-refractivity contribution < 1.29 is 4.39 Å². The molecule has 6 rings (SSSR count). The number of hydrogen-bond donors (Lipinski definition) is 2. The van der Waals surface area contributed by atoms with Gasteiger partial charge in [-0.25, -0.2) is 9.37 Å². The van der Waals surface area contributed by atoms with Crippen molar-refractivity contribution in [3.63, 3.8) is 0 Å². The predicted octanol–water partition coefficient (Wildman–Crippen LogP) is 4.30. The number of hydrogen-bond acceptors (Lipinski definition) is 5. The van der Waals surface area contributed by atoms with Crippen LogP contribution in [0.2, 0.25) is 0 Å². The second-order valence-electron chi connectivity index (χ2n) is 7.95. The van der Waals surface area contributed by atoms with Crippen LogP contribution >= 0.6 is 0 Å². The number of fused-ring (bicyclic) bond motifs is 2. The molecule has 0 spiro atoms. The van der Waals surface area contributed by atoms with Gasteiger partial charge in [0.2, 0.25) is 0 Å². The normalized spacial score (nSPS) is 14.7. The summed E-state index contributed by atoms with van der Waals surface area (Å²) in [7, 11) is 0. The van der Waals surface area contributed by atoms with Gasteiger partial charge in [-0.3, -0.25) is 20.0 Å². The quantitative estimate of drug-likeness (QED) is 0.459. The minimum atomic E-state index is -0.429. The average Bonchev–Trinajstić information content (AvgIpc) is 3.53. The van der Waals surface area contributed by atoms with Crippen LogP contribution in [0.1, 0.15) is 18.4 Å². The minimum Gasteiger partial charge on any atom is -0.337 e. The molecule has 0 amide bonds. The number of rotatable bonds is 4. The van der Waals surface area contributed by atoms with E-state index < -0.39 is 5.82 Å². The fraction of sp³-hybridized carbons (Fsp3) is 0.217. The van der Waals surface area contributed by atoms with Gasteiger partial charge in [0, 0.05) is 24.5 Å². The SMILES string of the molecule is Fc1c(-c2cncc(CN3CCCC3)c2)ncc2[nH]nc(-c3nc4ccccc4[nH]3)c12. The first kappa shape index (κ1) is 18.1. The molecule has 5 heterocycles. The Hall–Kier alpha value is -3.65. The van der Waals surface area contributed by atoms with Gasteiger partial charge >= 0.3 is 0 Å². The summed E-state index contributed by atoms with van der Waals surface area (Å²) in [5.74, 6) is 0.0891. The van der Waals surface area contributed by atoms with Crippen LogP contribution in [0.5, 0.6) is 0 Å². The van der Waals surface area contributed by atoms with E-state index in [-0.39, 0.29) is 5.69 Å². The van der Waals surface area contributed by atoms with E-state index in [1.165, 1.54) is 12.8 Å². The van der Waals surface area contributed by atoms with Gasteiger partial charge in [0.25, 0.3) is 0 Å². The molecule has 1 aliphatic heterocycles. The van der Waals surface area contributed by atoms with Gasteiger partial charge < -0.3 is 4.98 Å². The summed E-state index contributed by atoms with van der Waals surface area (Å²) in [5.41, 5.74) is 4.64. The smallest absolute Gasteiger partial charge is 0.161 e. The van der Waals surface area contributed by atoms with Gasteiger partial charge in [0.1, 0.15) is 11.4 Å². The zero-order chi connectivity index (χ0) is 20.8. The molecule has 5 aromatic rings. The van der Waals surface area contributed by atoms with Crippen molar-refractivity contribution in [2.45, 2.75) is 19.4 Å². The van der Waals surface area contributed by atoms with Crippen molar-refractivity contribution in [3.8, 4) is 22.8 Å². The fourth-order valence-corrected chi connectivity index (χ4v) is 4.32. The third kappa shape index (κ3) is 3.16. The number of para-hydroxylation sites is 2. The molecule has 8 heteroatoms. The number of imidazole rings is 1. The highest BCUT2D eigenvalue weighted by molar-refractivity contribution is 5.95. The molecule has 7 nitrogen and oxygen atoms in total. The van der Waals surface area contributed by atoms with Gasteiger partial charge in [-0.1, -0.05) is 12.1 Å². The zero-order valence-corrected chi connectivity index (χ0v) is 16.8. The molecule has 0 saturated carbocycles. The molecule has 0 aliphatic carbocycles. The molecule has 1 aromatic carbocycles. The molecule has 31 heavy (non-hydrogen) atoms. The van der Waals surface area contributed by atoms with E-state index in [0.29, 0.717) is 28.0 Å². The number of benzene rings is 1. The molecule has 0 unspecified atom stereocenters. The van der Waals surface area contributed by atoms with Crippen molar-refractivity contribution >= 4 is 21.9 Å². The van der Waals surface area contributed by atoms with Crippen LogP contribution in [0.4, 0.5) is 4.39 Å². The van der Waals surface area contributed by atoms with E-state index in [2.05, 4.69) is 35.0 Å². The number of pyridine rings is 2. The molecule has 2 N–H and O–H groups in total. The van der Waals surface area contributed by atoms with E-state index >= 15 is 4.39 Å². The largest absolute Gasteiger partial charge is 0.337 e. The maximum atomic E-state index is 15.7. The molecule has 1 saturated heterocycles. The molecule has 4 aromatic heterocycles. The lowest BCUT2D eigenvalue weighted by atomic mass is 10.1. The molecular weight excluding hydrogens is 393 g/mol. The van der Waals surface area contributed by atoms with Gasteiger partial charge in [0.05, 0.1) is 28.1 Å². The summed E-state index contributed by atoms with van der Waals surface area (Å²) in [6.07, 6.45) is 7.57. The van der Waals surface area contributed by atoms with Crippen molar-refractivity contribution in [1.82, 2.24) is 35.0 Å². The standard InChI is InChI=1S/C23H20FN7/c24-20-19-18(29-30-22(19)23-27-16-5-1-2-6-17(16)28-23)12-26-21(20)15-9-14(10-25-11-15)13-31-7-3-4-8-31/h1-2,5-6,9-12H,3-4,7-8,13H2,(H,27,28)(H,29,30). The predicted molar refractivity (Wildman–Crippen MR) is 117 cm³/mol. The number of nitrogens with zero attached hydrogens (tertiary/aromatic N) is 5. The lowest BCUT2D eigenvalue weighted by molar-refractivity contribution is 0.331. The van der Waals surface area contributed by atoms with Crippen molar-refractivity contribution in [2.75, 3.05) is 13.1 Å². The highest BCUT2D eigenvalue weighted by Gasteiger charge is 2.21. The first-order chi connectivity index (χ1) is 15.3. The molecular formula is C23H20FN7. The maximum absolute atomic E-state index is 15.7. The first-order valence-corrected chi connectivity index (χ1v) is 10.4.